The molecule has 1 unspecified atom stereocenters. The van der Waals surface area contributed by atoms with Gasteiger partial charge in [0.2, 0.25) is 0 Å². The minimum absolute atomic E-state index is 0.285. The Balaban J connectivity index is 1.32. The SMILES string of the molecule is O=C(NC1=NC(C2CCCCC2)CS1)Nc1csc(-c2ccncc2)n1. The molecule has 2 amide bonds. The molecule has 8 heteroatoms. The Morgan fingerprint density at radius 2 is 1.92 bits per heavy atom. The summed E-state index contributed by atoms with van der Waals surface area (Å²) in [5.74, 6) is 2.20. The van der Waals surface area contributed by atoms with Gasteiger partial charge < -0.3 is 0 Å². The van der Waals surface area contributed by atoms with E-state index in [2.05, 4.69) is 20.6 Å². The molecule has 4 rings (SSSR count). The molecule has 26 heavy (non-hydrogen) atoms. The molecule has 0 bridgehead atoms. The average molecular weight is 388 g/mol. The third kappa shape index (κ3) is 4.24. The van der Waals surface area contributed by atoms with Gasteiger partial charge >= 0.3 is 6.03 Å². The molecule has 0 saturated heterocycles. The quantitative estimate of drug-likeness (QED) is 0.819. The Hall–Kier alpha value is -1.93. The van der Waals surface area contributed by atoms with E-state index in [-0.39, 0.29) is 6.03 Å². The average Bonchev–Trinajstić information content (AvgIpc) is 3.33. The minimum atomic E-state index is -0.285. The van der Waals surface area contributed by atoms with E-state index in [1.165, 1.54) is 43.4 Å². The van der Waals surface area contributed by atoms with Crippen LogP contribution in [0.3, 0.4) is 0 Å². The van der Waals surface area contributed by atoms with Gasteiger partial charge in [0.1, 0.15) is 10.8 Å². The van der Waals surface area contributed by atoms with E-state index in [1.807, 2.05) is 17.5 Å². The summed E-state index contributed by atoms with van der Waals surface area (Å²) in [4.78, 5) is 25.4. The number of aromatic nitrogens is 2. The molecule has 1 fully saturated rings. The van der Waals surface area contributed by atoms with Crippen molar-refractivity contribution in [3.05, 3.63) is 29.9 Å². The van der Waals surface area contributed by atoms with Crippen molar-refractivity contribution < 1.29 is 4.79 Å². The smallest absolute Gasteiger partial charge is 0.291 e. The maximum atomic E-state index is 12.2. The van der Waals surface area contributed by atoms with Crippen LogP contribution >= 0.6 is 23.1 Å². The van der Waals surface area contributed by atoms with E-state index in [0.717, 1.165) is 21.5 Å². The molecule has 3 heterocycles. The number of nitrogens with one attached hydrogen (secondary N) is 2. The summed E-state index contributed by atoms with van der Waals surface area (Å²) in [6.07, 6.45) is 9.98. The number of rotatable bonds is 3. The number of pyridine rings is 1. The summed E-state index contributed by atoms with van der Waals surface area (Å²) in [6, 6.07) is 3.87. The summed E-state index contributed by atoms with van der Waals surface area (Å²) < 4.78 is 0. The number of aliphatic imine (C=N–C) groups is 1. The van der Waals surface area contributed by atoms with Crippen molar-refractivity contribution in [3.63, 3.8) is 0 Å². The standard InChI is InChI=1S/C18H21N5OS2/c24-17(22-15-11-25-16(21-15)13-6-8-19-9-7-13)23-18-20-14(10-26-18)12-4-2-1-3-5-12/h6-9,11-12,14H,1-5,10H2,(H2,20,22,23,24). The molecular formula is C18H21N5OS2. The molecular weight excluding hydrogens is 366 g/mol. The fourth-order valence-electron chi connectivity index (χ4n) is 3.42. The Morgan fingerprint density at radius 1 is 1.12 bits per heavy atom. The minimum Gasteiger partial charge on any atom is -0.291 e. The van der Waals surface area contributed by atoms with Crippen LogP contribution in [0.15, 0.2) is 34.9 Å². The first-order valence-electron chi connectivity index (χ1n) is 8.92. The molecule has 2 aliphatic rings. The van der Waals surface area contributed by atoms with E-state index < -0.39 is 0 Å². The van der Waals surface area contributed by atoms with Gasteiger partial charge in [-0.3, -0.25) is 20.6 Å². The maximum absolute atomic E-state index is 12.2. The van der Waals surface area contributed by atoms with Gasteiger partial charge in [-0.2, -0.15) is 0 Å². The van der Waals surface area contributed by atoms with Crippen molar-refractivity contribution in [1.29, 1.82) is 0 Å². The first-order valence-corrected chi connectivity index (χ1v) is 10.8. The zero-order chi connectivity index (χ0) is 17.8. The van der Waals surface area contributed by atoms with Crippen molar-refractivity contribution >= 4 is 40.1 Å². The predicted molar refractivity (Wildman–Crippen MR) is 108 cm³/mol. The second-order valence-corrected chi connectivity index (χ2v) is 8.43. The molecule has 2 N–H and O–H groups in total. The third-order valence-corrected chi connectivity index (χ3v) is 6.64. The molecule has 0 spiro atoms. The highest BCUT2D eigenvalue weighted by atomic mass is 32.2. The van der Waals surface area contributed by atoms with Gasteiger partial charge in [0.25, 0.3) is 0 Å². The molecule has 0 radical (unpaired) electrons. The fraction of sp³-hybridized carbons (Fsp3) is 0.444. The lowest BCUT2D eigenvalue weighted by molar-refractivity contribution is 0.256. The molecule has 2 aromatic rings. The van der Waals surface area contributed by atoms with Crippen LogP contribution in [-0.4, -0.2) is 33.0 Å². The van der Waals surface area contributed by atoms with E-state index in [4.69, 9.17) is 4.99 Å². The number of urea groups is 1. The van der Waals surface area contributed by atoms with Crippen LogP contribution in [0.4, 0.5) is 10.6 Å². The molecule has 1 aliphatic carbocycles. The lowest BCUT2D eigenvalue weighted by Crippen LogP contribution is -2.32. The number of carbonyl (C=O) groups excluding carboxylic acids is 1. The second-order valence-electron chi connectivity index (χ2n) is 6.56. The van der Waals surface area contributed by atoms with Crippen LogP contribution in [0.25, 0.3) is 10.6 Å². The predicted octanol–water partition coefficient (Wildman–Crippen LogP) is 4.38. The lowest BCUT2D eigenvalue weighted by Gasteiger charge is -2.24. The van der Waals surface area contributed by atoms with Gasteiger partial charge in [-0.05, 0) is 30.9 Å². The highest BCUT2D eigenvalue weighted by Crippen LogP contribution is 2.33. The van der Waals surface area contributed by atoms with Crippen LogP contribution in [0.2, 0.25) is 0 Å². The van der Waals surface area contributed by atoms with Crippen molar-refractivity contribution in [1.82, 2.24) is 15.3 Å². The van der Waals surface area contributed by atoms with Gasteiger partial charge in [-0.15, -0.1) is 11.3 Å². The van der Waals surface area contributed by atoms with Crippen molar-refractivity contribution in [2.75, 3.05) is 11.1 Å². The molecule has 6 nitrogen and oxygen atoms in total. The summed E-state index contributed by atoms with van der Waals surface area (Å²) in [5, 5.41) is 9.07. The Bertz CT molecular complexity index is 786. The number of hydrogen-bond acceptors (Lipinski definition) is 6. The molecule has 2 aromatic heterocycles. The summed E-state index contributed by atoms with van der Waals surface area (Å²) >= 11 is 3.13. The largest absolute Gasteiger partial charge is 0.326 e. The Morgan fingerprint density at radius 3 is 2.73 bits per heavy atom. The van der Waals surface area contributed by atoms with Gasteiger partial charge in [0.05, 0.1) is 6.04 Å². The van der Waals surface area contributed by atoms with Gasteiger partial charge in [0, 0.05) is 29.1 Å². The molecule has 136 valence electrons. The zero-order valence-electron chi connectivity index (χ0n) is 14.4. The lowest BCUT2D eigenvalue weighted by atomic mass is 9.85. The van der Waals surface area contributed by atoms with Crippen LogP contribution < -0.4 is 10.6 Å². The van der Waals surface area contributed by atoms with Gasteiger partial charge in [-0.25, -0.2) is 9.78 Å². The van der Waals surface area contributed by atoms with E-state index in [0.29, 0.717) is 17.8 Å². The third-order valence-electron chi connectivity index (χ3n) is 4.76. The molecule has 1 atom stereocenters. The molecule has 1 saturated carbocycles. The highest BCUT2D eigenvalue weighted by molar-refractivity contribution is 8.14. The van der Waals surface area contributed by atoms with E-state index in [9.17, 15) is 4.79 Å². The summed E-state index contributed by atoms with van der Waals surface area (Å²) in [7, 11) is 0. The monoisotopic (exact) mass is 387 g/mol. The van der Waals surface area contributed by atoms with E-state index >= 15 is 0 Å². The maximum Gasteiger partial charge on any atom is 0.326 e. The number of hydrogen-bond donors (Lipinski definition) is 2. The summed E-state index contributed by atoms with van der Waals surface area (Å²) in [5.41, 5.74) is 0.990. The van der Waals surface area contributed by atoms with E-state index in [1.54, 1.807) is 24.2 Å². The number of amides is 2. The first kappa shape index (κ1) is 17.5. The Labute approximate surface area is 160 Å². The molecule has 0 aromatic carbocycles. The number of thiazole rings is 1. The van der Waals surface area contributed by atoms with Gasteiger partial charge in [0.15, 0.2) is 5.17 Å². The molecule has 1 aliphatic heterocycles. The van der Waals surface area contributed by atoms with Crippen LogP contribution in [0.5, 0.6) is 0 Å². The fourth-order valence-corrected chi connectivity index (χ4v) is 5.23. The zero-order valence-corrected chi connectivity index (χ0v) is 16.0. The summed E-state index contributed by atoms with van der Waals surface area (Å²) in [6.45, 7) is 0. The Kier molecular flexibility index (Phi) is 5.50. The number of anilines is 1. The van der Waals surface area contributed by atoms with Crippen LogP contribution in [-0.2, 0) is 0 Å². The number of amidine groups is 1. The number of nitrogens with zero attached hydrogens (tertiary/aromatic N) is 3. The van der Waals surface area contributed by atoms with Crippen LogP contribution in [0, 0.1) is 5.92 Å². The highest BCUT2D eigenvalue weighted by Gasteiger charge is 2.28. The normalized spacial score (nSPS) is 20.6. The van der Waals surface area contributed by atoms with Crippen molar-refractivity contribution in [2.45, 2.75) is 38.1 Å². The van der Waals surface area contributed by atoms with Crippen LogP contribution in [0.1, 0.15) is 32.1 Å². The second kappa shape index (κ2) is 8.18. The number of carbonyl (C=O) groups is 1. The number of thioether (sulfide) groups is 1. The van der Waals surface area contributed by atoms with Crippen molar-refractivity contribution in [2.24, 2.45) is 10.9 Å². The first-order chi connectivity index (χ1) is 12.8. The van der Waals surface area contributed by atoms with Gasteiger partial charge in [-0.1, -0.05) is 31.0 Å². The topological polar surface area (TPSA) is 79.3 Å². The van der Waals surface area contributed by atoms with Crippen molar-refractivity contribution in [3.8, 4) is 10.6 Å².